The first-order valence-electron chi connectivity index (χ1n) is 6.90. The molecule has 3 heteroatoms. The van der Waals surface area contributed by atoms with Crippen LogP contribution in [0.15, 0.2) is 35.4 Å². The van der Waals surface area contributed by atoms with Crippen molar-refractivity contribution >= 4 is 22.9 Å². The van der Waals surface area contributed by atoms with Crippen LogP contribution in [0.3, 0.4) is 0 Å². The number of pyridine rings is 1. The lowest BCUT2D eigenvalue weighted by Crippen LogP contribution is -2.01. The van der Waals surface area contributed by atoms with E-state index in [9.17, 15) is 0 Å². The lowest BCUT2D eigenvalue weighted by atomic mass is 10.1. The highest BCUT2D eigenvalue weighted by atomic mass is 15.3. The lowest BCUT2D eigenvalue weighted by molar-refractivity contribution is 0.654. The summed E-state index contributed by atoms with van der Waals surface area (Å²) < 4.78 is 0. The minimum Gasteiger partial charge on any atom is -0.262 e. The minimum atomic E-state index is 0.536. The summed E-state index contributed by atoms with van der Waals surface area (Å²) in [6.07, 6.45) is 4.21. The van der Waals surface area contributed by atoms with E-state index >= 15 is 0 Å². The number of fused-ring (bicyclic) bond motifs is 1. The predicted molar refractivity (Wildman–Crippen MR) is 82.7 cm³/mol. The van der Waals surface area contributed by atoms with E-state index in [-0.39, 0.29) is 0 Å². The second-order valence-electron chi connectivity index (χ2n) is 4.81. The molecule has 0 unspecified atom stereocenters. The van der Waals surface area contributed by atoms with E-state index in [2.05, 4.69) is 42.3 Å². The highest BCUT2D eigenvalue weighted by Crippen LogP contribution is 2.19. The summed E-state index contributed by atoms with van der Waals surface area (Å²) in [5, 5.41) is 5.49. The van der Waals surface area contributed by atoms with Gasteiger partial charge in [-0.1, -0.05) is 32.0 Å². The van der Waals surface area contributed by atoms with Crippen molar-refractivity contribution in [1.29, 1.82) is 0 Å². The number of hydrazone groups is 1. The summed E-state index contributed by atoms with van der Waals surface area (Å²) in [7, 11) is 0. The Morgan fingerprint density at radius 1 is 1.26 bits per heavy atom. The average Bonchev–Trinajstić information content (AvgIpc) is 2.44. The van der Waals surface area contributed by atoms with Crippen LogP contribution in [0.2, 0.25) is 0 Å². The molecule has 0 atom stereocenters. The number of nitrogens with one attached hydrogen (secondary N) is 1. The molecule has 0 aliphatic carbocycles. The summed E-state index contributed by atoms with van der Waals surface area (Å²) in [6, 6.07) is 10.2. The number of hydrogen-bond acceptors (Lipinski definition) is 3. The van der Waals surface area contributed by atoms with Gasteiger partial charge in [0.25, 0.3) is 0 Å². The second kappa shape index (κ2) is 6.32. The van der Waals surface area contributed by atoms with E-state index in [1.807, 2.05) is 30.5 Å². The van der Waals surface area contributed by atoms with Gasteiger partial charge in [-0.25, -0.2) is 4.98 Å². The van der Waals surface area contributed by atoms with Crippen LogP contribution in [0, 0.1) is 12.8 Å². The van der Waals surface area contributed by atoms with Crippen LogP contribution in [0.5, 0.6) is 0 Å². The fraction of sp³-hybridized carbons (Fsp3) is 0.375. The normalized spacial score (nSPS) is 11.6. The quantitative estimate of drug-likeness (QED) is 0.636. The SMILES string of the molecule is CCC(/C=N\Nc1cc(C)c2ccccc2n1)CC. The smallest absolute Gasteiger partial charge is 0.147 e. The fourth-order valence-electron chi connectivity index (χ4n) is 2.12. The molecule has 0 saturated carbocycles. The maximum absolute atomic E-state index is 4.56. The molecule has 1 aromatic heterocycles. The molecule has 2 rings (SSSR count). The van der Waals surface area contributed by atoms with Gasteiger partial charge in [-0.15, -0.1) is 0 Å². The molecular weight excluding hydrogens is 234 g/mol. The molecule has 1 aromatic carbocycles. The highest BCUT2D eigenvalue weighted by Gasteiger charge is 2.01. The van der Waals surface area contributed by atoms with E-state index < -0.39 is 0 Å². The molecule has 2 aromatic rings. The van der Waals surface area contributed by atoms with Crippen molar-refractivity contribution in [2.75, 3.05) is 5.43 Å². The van der Waals surface area contributed by atoms with Gasteiger partial charge >= 0.3 is 0 Å². The number of hydrogen-bond donors (Lipinski definition) is 1. The second-order valence-corrected chi connectivity index (χ2v) is 4.81. The summed E-state index contributed by atoms with van der Waals surface area (Å²) >= 11 is 0. The Bertz CT molecular complexity index is 571. The van der Waals surface area contributed by atoms with Crippen LogP contribution in [0.25, 0.3) is 10.9 Å². The molecule has 0 saturated heterocycles. The Hall–Kier alpha value is -1.90. The van der Waals surface area contributed by atoms with Crippen molar-refractivity contribution in [3.8, 4) is 0 Å². The number of rotatable bonds is 5. The first kappa shape index (κ1) is 13.5. The molecule has 100 valence electrons. The molecule has 1 N–H and O–H groups in total. The number of para-hydroxylation sites is 1. The molecule has 0 amide bonds. The molecule has 19 heavy (non-hydrogen) atoms. The maximum atomic E-state index is 4.56. The third-order valence-electron chi connectivity index (χ3n) is 3.44. The number of nitrogens with zero attached hydrogens (tertiary/aromatic N) is 2. The topological polar surface area (TPSA) is 37.3 Å². The Kier molecular flexibility index (Phi) is 4.50. The van der Waals surface area contributed by atoms with E-state index in [1.54, 1.807) is 0 Å². The van der Waals surface area contributed by atoms with Gasteiger partial charge in [-0.2, -0.15) is 5.10 Å². The monoisotopic (exact) mass is 255 g/mol. The Balaban J connectivity index is 2.17. The van der Waals surface area contributed by atoms with Crippen LogP contribution in [-0.2, 0) is 0 Å². The van der Waals surface area contributed by atoms with Gasteiger partial charge in [0, 0.05) is 11.6 Å². The largest absolute Gasteiger partial charge is 0.262 e. The van der Waals surface area contributed by atoms with Crippen LogP contribution in [0.4, 0.5) is 5.82 Å². The number of aromatic nitrogens is 1. The molecular formula is C16H21N3. The van der Waals surface area contributed by atoms with Crippen LogP contribution < -0.4 is 5.43 Å². The van der Waals surface area contributed by atoms with E-state index in [0.29, 0.717) is 5.92 Å². The molecule has 0 radical (unpaired) electrons. The third-order valence-corrected chi connectivity index (χ3v) is 3.44. The summed E-state index contributed by atoms with van der Waals surface area (Å²) in [6.45, 7) is 6.46. The Labute approximate surface area is 114 Å². The van der Waals surface area contributed by atoms with Crippen molar-refractivity contribution in [1.82, 2.24) is 4.98 Å². The maximum Gasteiger partial charge on any atom is 0.147 e. The zero-order chi connectivity index (χ0) is 13.7. The first-order valence-corrected chi connectivity index (χ1v) is 6.90. The number of benzene rings is 1. The molecule has 0 aliphatic rings. The van der Waals surface area contributed by atoms with Gasteiger partial charge in [-0.3, -0.25) is 5.43 Å². The molecule has 0 fully saturated rings. The Morgan fingerprint density at radius 3 is 2.74 bits per heavy atom. The van der Waals surface area contributed by atoms with Crippen molar-refractivity contribution < 1.29 is 0 Å². The lowest BCUT2D eigenvalue weighted by Gasteiger charge is -2.07. The zero-order valence-electron chi connectivity index (χ0n) is 11.9. The van der Waals surface area contributed by atoms with Gasteiger partial charge in [0.1, 0.15) is 5.82 Å². The van der Waals surface area contributed by atoms with Crippen molar-refractivity contribution in [2.45, 2.75) is 33.6 Å². The molecule has 1 heterocycles. The van der Waals surface area contributed by atoms with Crippen LogP contribution >= 0.6 is 0 Å². The number of aryl methyl sites for hydroxylation is 1. The average molecular weight is 255 g/mol. The minimum absolute atomic E-state index is 0.536. The highest BCUT2D eigenvalue weighted by molar-refractivity contribution is 5.83. The van der Waals surface area contributed by atoms with Gasteiger partial charge in [0.2, 0.25) is 0 Å². The van der Waals surface area contributed by atoms with Gasteiger partial charge in [-0.05, 0) is 43.4 Å². The molecule has 0 aliphatic heterocycles. The van der Waals surface area contributed by atoms with Gasteiger partial charge in [0.05, 0.1) is 5.52 Å². The zero-order valence-corrected chi connectivity index (χ0v) is 11.9. The van der Waals surface area contributed by atoms with Crippen LogP contribution in [0.1, 0.15) is 32.3 Å². The Morgan fingerprint density at radius 2 is 2.00 bits per heavy atom. The standard InChI is InChI=1S/C16H21N3/c1-4-13(5-2)11-17-19-16-10-12(3)14-8-6-7-9-15(14)18-16/h6-11,13H,4-5H2,1-3H3,(H,18,19)/b17-11-. The summed E-state index contributed by atoms with van der Waals surface area (Å²) in [4.78, 5) is 4.56. The fourth-order valence-corrected chi connectivity index (χ4v) is 2.12. The van der Waals surface area contributed by atoms with Crippen molar-refractivity contribution in [2.24, 2.45) is 11.0 Å². The summed E-state index contributed by atoms with van der Waals surface area (Å²) in [5.41, 5.74) is 5.25. The van der Waals surface area contributed by atoms with Crippen molar-refractivity contribution in [3.05, 3.63) is 35.9 Å². The summed E-state index contributed by atoms with van der Waals surface area (Å²) in [5.74, 6) is 1.34. The predicted octanol–water partition coefficient (Wildman–Crippen LogP) is 4.38. The van der Waals surface area contributed by atoms with E-state index in [1.165, 1.54) is 10.9 Å². The van der Waals surface area contributed by atoms with Gasteiger partial charge < -0.3 is 0 Å². The number of anilines is 1. The molecule has 0 bridgehead atoms. The van der Waals surface area contributed by atoms with E-state index in [4.69, 9.17) is 0 Å². The van der Waals surface area contributed by atoms with E-state index in [0.717, 1.165) is 24.2 Å². The van der Waals surface area contributed by atoms with Crippen LogP contribution in [-0.4, -0.2) is 11.2 Å². The third kappa shape index (κ3) is 3.31. The molecule has 3 nitrogen and oxygen atoms in total. The van der Waals surface area contributed by atoms with Gasteiger partial charge in [0.15, 0.2) is 0 Å². The van der Waals surface area contributed by atoms with Crippen molar-refractivity contribution in [3.63, 3.8) is 0 Å². The molecule has 0 spiro atoms. The first-order chi connectivity index (χ1) is 9.24.